The van der Waals surface area contributed by atoms with Crippen LogP contribution in [0.3, 0.4) is 0 Å². The average molecular weight is 339 g/mol. The summed E-state index contributed by atoms with van der Waals surface area (Å²) in [5.74, 6) is 2.65. The summed E-state index contributed by atoms with van der Waals surface area (Å²) in [5.41, 5.74) is 1.25. The Hall–Kier alpha value is -2.10. The monoisotopic (exact) mass is 339 g/mol. The second kappa shape index (κ2) is 6.32. The van der Waals surface area contributed by atoms with Crippen LogP contribution in [0.2, 0.25) is 0 Å². The molecular weight excluding hydrogens is 314 g/mol. The van der Waals surface area contributed by atoms with Crippen molar-refractivity contribution < 1.29 is 14.3 Å². The number of hydrogen-bond acceptors (Lipinski definition) is 3. The second-order valence-corrected chi connectivity index (χ2v) is 7.64. The molecule has 1 aromatic rings. The summed E-state index contributed by atoms with van der Waals surface area (Å²) in [7, 11) is 0. The molecular formula is C21H25NO3. The van der Waals surface area contributed by atoms with E-state index in [0.717, 1.165) is 12.5 Å². The lowest BCUT2D eigenvalue weighted by Gasteiger charge is -2.20. The van der Waals surface area contributed by atoms with Gasteiger partial charge in [0.05, 0.1) is 0 Å². The summed E-state index contributed by atoms with van der Waals surface area (Å²) in [6.07, 6.45) is 9.20. The maximum absolute atomic E-state index is 12.1. The van der Waals surface area contributed by atoms with Crippen LogP contribution in [0.1, 0.15) is 43.0 Å². The number of carbonyl (C=O) groups is 2. The SMILES string of the molecule is CCC(=O)c1ccc(OCC(=O)NC[C@@H]2C[C@@H]3C=C[C@H]2C32CC2)cc1. The molecule has 0 unspecified atom stereocenters. The third kappa shape index (κ3) is 2.99. The molecule has 132 valence electrons. The lowest BCUT2D eigenvalue weighted by atomic mass is 9.89. The lowest BCUT2D eigenvalue weighted by Crippen LogP contribution is -2.34. The molecule has 0 heterocycles. The van der Waals surface area contributed by atoms with Gasteiger partial charge in [-0.3, -0.25) is 9.59 Å². The van der Waals surface area contributed by atoms with Crippen molar-refractivity contribution in [2.75, 3.05) is 13.2 Å². The number of ketones is 1. The number of nitrogens with one attached hydrogen (secondary N) is 1. The summed E-state index contributed by atoms with van der Waals surface area (Å²) < 4.78 is 5.53. The highest BCUT2D eigenvalue weighted by Crippen LogP contribution is 2.69. The second-order valence-electron chi connectivity index (χ2n) is 7.64. The minimum Gasteiger partial charge on any atom is -0.484 e. The van der Waals surface area contributed by atoms with Gasteiger partial charge >= 0.3 is 0 Å². The molecule has 3 aliphatic carbocycles. The fourth-order valence-corrected chi connectivity index (χ4v) is 4.74. The van der Waals surface area contributed by atoms with Crippen molar-refractivity contribution in [2.24, 2.45) is 23.2 Å². The predicted molar refractivity (Wildman–Crippen MR) is 95.5 cm³/mol. The van der Waals surface area contributed by atoms with Gasteiger partial charge in [-0.2, -0.15) is 0 Å². The van der Waals surface area contributed by atoms with Gasteiger partial charge in [0.2, 0.25) is 0 Å². The van der Waals surface area contributed by atoms with Crippen LogP contribution in [0.15, 0.2) is 36.4 Å². The Balaban J connectivity index is 1.22. The van der Waals surface area contributed by atoms with E-state index in [-0.39, 0.29) is 18.3 Å². The van der Waals surface area contributed by atoms with Gasteiger partial charge in [0.15, 0.2) is 12.4 Å². The van der Waals surface area contributed by atoms with E-state index in [4.69, 9.17) is 4.74 Å². The molecule has 0 aliphatic heterocycles. The summed E-state index contributed by atoms with van der Waals surface area (Å²) in [6, 6.07) is 6.98. The molecule has 0 saturated heterocycles. The van der Waals surface area contributed by atoms with E-state index >= 15 is 0 Å². The first kappa shape index (κ1) is 16.4. The molecule has 2 fully saturated rings. The smallest absolute Gasteiger partial charge is 0.257 e. The largest absolute Gasteiger partial charge is 0.484 e. The number of amides is 1. The van der Waals surface area contributed by atoms with E-state index in [9.17, 15) is 9.59 Å². The zero-order chi connectivity index (χ0) is 17.4. The van der Waals surface area contributed by atoms with Gasteiger partial charge < -0.3 is 10.1 Å². The van der Waals surface area contributed by atoms with Crippen LogP contribution >= 0.6 is 0 Å². The predicted octanol–water partition coefficient (Wildman–Crippen LogP) is 3.38. The van der Waals surface area contributed by atoms with E-state index in [1.165, 1.54) is 19.3 Å². The number of carbonyl (C=O) groups excluding carboxylic acids is 2. The quantitative estimate of drug-likeness (QED) is 0.612. The molecule has 3 atom stereocenters. The minimum atomic E-state index is -0.0784. The van der Waals surface area contributed by atoms with Gasteiger partial charge in [-0.25, -0.2) is 0 Å². The molecule has 3 aliphatic rings. The van der Waals surface area contributed by atoms with Gasteiger partial charge in [0.1, 0.15) is 5.75 Å². The van der Waals surface area contributed by atoms with E-state index in [2.05, 4.69) is 17.5 Å². The number of allylic oxidation sites excluding steroid dienone is 2. The topological polar surface area (TPSA) is 55.4 Å². The highest BCUT2D eigenvalue weighted by molar-refractivity contribution is 5.95. The number of benzene rings is 1. The summed E-state index contributed by atoms with van der Waals surface area (Å²) in [5, 5.41) is 3.03. The normalized spacial score (nSPS) is 27.5. The van der Waals surface area contributed by atoms with Crippen molar-refractivity contribution in [3.8, 4) is 5.75 Å². The molecule has 2 bridgehead atoms. The summed E-state index contributed by atoms with van der Waals surface area (Å²) in [6.45, 7) is 2.61. The fraction of sp³-hybridized carbons (Fsp3) is 0.524. The van der Waals surface area contributed by atoms with Crippen LogP contribution in [-0.2, 0) is 4.79 Å². The number of ether oxygens (including phenoxy) is 1. The molecule has 1 amide bonds. The van der Waals surface area contributed by atoms with Crippen molar-refractivity contribution in [2.45, 2.75) is 32.6 Å². The summed E-state index contributed by atoms with van der Waals surface area (Å²) >= 11 is 0. The Bertz CT molecular complexity index is 702. The van der Waals surface area contributed by atoms with Crippen molar-refractivity contribution in [1.29, 1.82) is 0 Å². The van der Waals surface area contributed by atoms with Crippen LogP contribution in [0.4, 0.5) is 0 Å². The Kier molecular flexibility index (Phi) is 4.14. The molecule has 4 nitrogen and oxygen atoms in total. The Morgan fingerprint density at radius 3 is 2.60 bits per heavy atom. The first-order valence-corrected chi connectivity index (χ1v) is 9.33. The maximum Gasteiger partial charge on any atom is 0.257 e. The number of hydrogen-bond donors (Lipinski definition) is 1. The van der Waals surface area contributed by atoms with Crippen LogP contribution in [-0.4, -0.2) is 24.8 Å². The van der Waals surface area contributed by atoms with Crippen molar-refractivity contribution >= 4 is 11.7 Å². The molecule has 2 saturated carbocycles. The molecule has 0 aromatic heterocycles. The zero-order valence-corrected chi connectivity index (χ0v) is 14.7. The van der Waals surface area contributed by atoms with Gasteiger partial charge in [-0.05, 0) is 66.7 Å². The average Bonchev–Trinajstić information content (AvgIpc) is 3.31. The Labute approximate surface area is 148 Å². The highest BCUT2D eigenvalue weighted by atomic mass is 16.5. The van der Waals surface area contributed by atoms with E-state index in [1.807, 2.05) is 6.92 Å². The molecule has 4 heteroatoms. The standard InChI is InChI=1S/C21H25NO3/c1-2-19(23)14-3-6-17(7-4-14)25-13-20(24)22-12-15-11-16-5-8-18(15)21(16)9-10-21/h3-8,15-16,18H,2,9-13H2,1H3,(H,22,24)/t15-,16-,18+/m0/s1. The van der Waals surface area contributed by atoms with Crippen LogP contribution in [0.5, 0.6) is 5.75 Å². The molecule has 1 aromatic carbocycles. The Morgan fingerprint density at radius 2 is 1.96 bits per heavy atom. The first-order chi connectivity index (χ1) is 12.1. The lowest BCUT2D eigenvalue weighted by molar-refractivity contribution is -0.123. The van der Waals surface area contributed by atoms with E-state index in [0.29, 0.717) is 35.0 Å². The third-order valence-electron chi connectivity index (χ3n) is 6.27. The van der Waals surface area contributed by atoms with Gasteiger partial charge in [0, 0.05) is 18.5 Å². The molecule has 25 heavy (non-hydrogen) atoms. The van der Waals surface area contributed by atoms with Crippen molar-refractivity contribution in [3.63, 3.8) is 0 Å². The zero-order valence-electron chi connectivity index (χ0n) is 14.7. The number of Topliss-reactive ketones (excluding diaryl/α,β-unsaturated/α-hetero) is 1. The fourth-order valence-electron chi connectivity index (χ4n) is 4.74. The molecule has 0 radical (unpaired) electrons. The minimum absolute atomic E-state index is 0.0167. The van der Waals surface area contributed by atoms with Crippen LogP contribution in [0, 0.1) is 23.2 Å². The first-order valence-electron chi connectivity index (χ1n) is 9.33. The van der Waals surface area contributed by atoms with Crippen LogP contribution in [0.25, 0.3) is 0 Å². The van der Waals surface area contributed by atoms with Crippen molar-refractivity contribution in [1.82, 2.24) is 5.32 Å². The Morgan fingerprint density at radius 1 is 1.20 bits per heavy atom. The maximum atomic E-state index is 12.1. The van der Waals surface area contributed by atoms with Gasteiger partial charge in [0.25, 0.3) is 5.91 Å². The molecule has 1 N–H and O–H groups in total. The summed E-state index contributed by atoms with van der Waals surface area (Å²) in [4.78, 5) is 23.7. The van der Waals surface area contributed by atoms with Gasteiger partial charge in [-0.1, -0.05) is 19.1 Å². The highest BCUT2D eigenvalue weighted by Gasteiger charge is 2.62. The van der Waals surface area contributed by atoms with E-state index < -0.39 is 0 Å². The third-order valence-corrected chi connectivity index (χ3v) is 6.27. The van der Waals surface area contributed by atoms with Gasteiger partial charge in [-0.15, -0.1) is 0 Å². The van der Waals surface area contributed by atoms with Crippen LogP contribution < -0.4 is 10.1 Å². The van der Waals surface area contributed by atoms with Crippen molar-refractivity contribution in [3.05, 3.63) is 42.0 Å². The molecule has 1 spiro atoms. The number of rotatable bonds is 7. The molecule has 4 rings (SSSR count). The van der Waals surface area contributed by atoms with E-state index in [1.54, 1.807) is 24.3 Å².